The first kappa shape index (κ1) is 17.8. The second-order valence-electron chi connectivity index (χ2n) is 7.87. The fourth-order valence-electron chi connectivity index (χ4n) is 4.54. The van der Waals surface area contributed by atoms with Gasteiger partial charge in [-0.1, -0.05) is 37.3 Å². The van der Waals surface area contributed by atoms with Crippen molar-refractivity contribution in [3.63, 3.8) is 0 Å². The molecule has 1 aliphatic rings. The molecule has 152 valence electrons. The van der Waals surface area contributed by atoms with Crippen molar-refractivity contribution in [2.75, 3.05) is 5.32 Å². The van der Waals surface area contributed by atoms with Crippen LogP contribution in [0.4, 0.5) is 5.82 Å². The third-order valence-electron chi connectivity index (χ3n) is 6.09. The highest BCUT2D eigenvalue weighted by Gasteiger charge is 2.34. The molecule has 8 heteroatoms. The number of aromatic nitrogens is 6. The summed E-state index contributed by atoms with van der Waals surface area (Å²) >= 11 is 0. The van der Waals surface area contributed by atoms with E-state index < -0.39 is 0 Å². The number of anilines is 1. The maximum atomic E-state index is 13.7. The van der Waals surface area contributed by atoms with Gasteiger partial charge in [0.1, 0.15) is 17.7 Å². The molecule has 2 N–H and O–H groups in total. The smallest absolute Gasteiger partial charge is 0.266 e. The summed E-state index contributed by atoms with van der Waals surface area (Å²) in [6, 6.07) is 13.5. The molecule has 0 saturated carbocycles. The van der Waals surface area contributed by atoms with Crippen LogP contribution in [0.15, 0.2) is 59.9 Å². The molecular formula is C23H19N7O. The van der Waals surface area contributed by atoms with Crippen molar-refractivity contribution in [2.45, 2.75) is 25.8 Å². The van der Waals surface area contributed by atoms with E-state index in [1.54, 1.807) is 10.9 Å². The lowest BCUT2D eigenvalue weighted by Crippen LogP contribution is -2.35. The van der Waals surface area contributed by atoms with Gasteiger partial charge in [-0.15, -0.1) is 0 Å². The van der Waals surface area contributed by atoms with Crippen LogP contribution in [0.3, 0.4) is 0 Å². The largest absolute Gasteiger partial charge is 0.358 e. The van der Waals surface area contributed by atoms with Crippen molar-refractivity contribution < 1.29 is 0 Å². The Balaban J connectivity index is 1.64. The Bertz CT molecular complexity index is 1530. The minimum atomic E-state index is -0.276. The summed E-state index contributed by atoms with van der Waals surface area (Å²) < 4.78 is 1.74. The van der Waals surface area contributed by atoms with Gasteiger partial charge in [-0.25, -0.2) is 19.9 Å². The van der Waals surface area contributed by atoms with Crippen LogP contribution in [0.2, 0.25) is 0 Å². The lowest BCUT2D eigenvalue weighted by atomic mass is 9.87. The predicted octanol–water partition coefficient (Wildman–Crippen LogP) is 3.63. The highest BCUT2D eigenvalue weighted by atomic mass is 16.1. The lowest BCUT2D eigenvalue weighted by molar-refractivity contribution is 0.552. The van der Waals surface area contributed by atoms with Crippen molar-refractivity contribution in [3.05, 3.63) is 82.4 Å². The lowest BCUT2D eigenvalue weighted by Gasteiger charge is -2.34. The summed E-state index contributed by atoms with van der Waals surface area (Å²) in [6.45, 7) is 4.08. The molecule has 8 nitrogen and oxygen atoms in total. The number of imidazole rings is 1. The molecule has 5 aromatic rings. The van der Waals surface area contributed by atoms with Gasteiger partial charge in [0.25, 0.3) is 5.56 Å². The number of fused-ring (bicyclic) bond motifs is 5. The monoisotopic (exact) mass is 409 g/mol. The van der Waals surface area contributed by atoms with Crippen molar-refractivity contribution >= 4 is 27.9 Å². The fraction of sp³-hybridized carbons (Fsp3) is 0.174. The van der Waals surface area contributed by atoms with Gasteiger partial charge in [-0.2, -0.15) is 0 Å². The van der Waals surface area contributed by atoms with E-state index in [1.165, 1.54) is 6.33 Å². The third kappa shape index (κ3) is 2.51. The third-order valence-corrected chi connectivity index (χ3v) is 6.09. The molecule has 3 aromatic heterocycles. The molecule has 0 spiro atoms. The topological polar surface area (TPSA) is 101 Å². The molecule has 0 radical (unpaired) electrons. The van der Waals surface area contributed by atoms with Crippen molar-refractivity contribution in [1.82, 2.24) is 29.5 Å². The van der Waals surface area contributed by atoms with Crippen LogP contribution in [0.1, 0.15) is 35.8 Å². The molecule has 0 aliphatic carbocycles. The number of nitrogens with zero attached hydrogens (tertiary/aromatic N) is 5. The average Bonchev–Trinajstić information content (AvgIpc) is 3.26. The summed E-state index contributed by atoms with van der Waals surface area (Å²) in [5.74, 6) is 1.32. The molecule has 0 bridgehead atoms. The second kappa shape index (κ2) is 6.46. The van der Waals surface area contributed by atoms with Gasteiger partial charge >= 0.3 is 0 Å². The van der Waals surface area contributed by atoms with Gasteiger partial charge in [-0.3, -0.25) is 9.36 Å². The summed E-state index contributed by atoms with van der Waals surface area (Å²) in [5, 5.41) is 4.15. The molecule has 0 saturated heterocycles. The summed E-state index contributed by atoms with van der Waals surface area (Å²) in [7, 11) is 0. The van der Waals surface area contributed by atoms with Gasteiger partial charge < -0.3 is 10.3 Å². The average molecular weight is 409 g/mol. The predicted molar refractivity (Wildman–Crippen MR) is 119 cm³/mol. The van der Waals surface area contributed by atoms with Gasteiger partial charge in [0.2, 0.25) is 0 Å². The van der Waals surface area contributed by atoms with Crippen molar-refractivity contribution in [3.8, 4) is 5.69 Å². The normalized spacial score (nSPS) is 17.5. The van der Waals surface area contributed by atoms with Gasteiger partial charge in [0, 0.05) is 5.92 Å². The number of H-pyrrole nitrogens is 1. The first-order valence-electron chi connectivity index (χ1n) is 10.2. The fourth-order valence-corrected chi connectivity index (χ4v) is 4.54. The zero-order chi connectivity index (χ0) is 21.1. The van der Waals surface area contributed by atoms with Gasteiger partial charge in [-0.05, 0) is 30.2 Å². The number of benzene rings is 2. The van der Waals surface area contributed by atoms with Crippen molar-refractivity contribution in [1.29, 1.82) is 0 Å². The van der Waals surface area contributed by atoms with Crippen LogP contribution in [0.25, 0.3) is 27.8 Å². The van der Waals surface area contributed by atoms with Crippen LogP contribution in [-0.2, 0) is 0 Å². The van der Waals surface area contributed by atoms with E-state index in [-0.39, 0.29) is 17.5 Å². The number of para-hydroxylation sites is 1. The van der Waals surface area contributed by atoms with E-state index in [0.29, 0.717) is 33.7 Å². The van der Waals surface area contributed by atoms with Crippen LogP contribution in [0.5, 0.6) is 0 Å². The van der Waals surface area contributed by atoms with Crippen molar-refractivity contribution in [2.24, 2.45) is 0 Å². The number of rotatable bonds is 2. The minimum absolute atomic E-state index is 0.0503. The quantitative estimate of drug-likeness (QED) is 0.462. The Morgan fingerprint density at radius 3 is 2.84 bits per heavy atom. The zero-order valence-corrected chi connectivity index (χ0v) is 17.0. The number of aryl methyl sites for hydroxylation is 1. The first-order chi connectivity index (χ1) is 15.1. The Kier molecular flexibility index (Phi) is 3.70. The summed E-state index contributed by atoms with van der Waals surface area (Å²) in [6.07, 6.45) is 3.09. The van der Waals surface area contributed by atoms with E-state index in [9.17, 15) is 4.79 Å². The Labute approximate surface area is 177 Å². The maximum Gasteiger partial charge on any atom is 0.266 e. The van der Waals surface area contributed by atoms with Gasteiger partial charge in [0.05, 0.1) is 29.0 Å². The van der Waals surface area contributed by atoms with Crippen LogP contribution in [-0.4, -0.2) is 29.5 Å². The van der Waals surface area contributed by atoms with E-state index in [2.05, 4.69) is 38.2 Å². The maximum absolute atomic E-state index is 13.7. The number of hydrogen-bond acceptors (Lipinski definition) is 6. The highest BCUT2D eigenvalue weighted by Crippen LogP contribution is 2.41. The summed E-state index contributed by atoms with van der Waals surface area (Å²) in [5.41, 5.74) is 4.81. The Morgan fingerprint density at radius 2 is 1.94 bits per heavy atom. The number of hydrogen-bond donors (Lipinski definition) is 2. The van der Waals surface area contributed by atoms with Crippen LogP contribution in [0, 0.1) is 6.92 Å². The minimum Gasteiger partial charge on any atom is -0.358 e. The SMILES string of the molecule is Cc1cccc2nc3n(c(=O)c12)-c1ccccc1C(C)C3Nc1ncnc2[nH]cnc12. The molecule has 4 heterocycles. The van der Waals surface area contributed by atoms with Crippen LogP contribution < -0.4 is 10.9 Å². The van der Waals surface area contributed by atoms with E-state index in [1.807, 2.05) is 43.3 Å². The highest BCUT2D eigenvalue weighted by molar-refractivity contribution is 5.83. The Hall–Kier alpha value is -4.07. The molecule has 6 rings (SSSR count). The number of aromatic amines is 1. The standard InChI is InChI=1S/C23H19N7O/c1-12-6-5-8-15-17(12)23(31)30-16-9-4-3-7-14(16)13(2)18(22(30)28-15)29-21-19-20(25-10-24-19)26-11-27-21/h3-11,13,18H,1-2H3,(H2,24,25,26,27,29). The molecule has 0 amide bonds. The summed E-state index contributed by atoms with van der Waals surface area (Å²) in [4.78, 5) is 34.6. The number of nitrogens with one attached hydrogen (secondary N) is 2. The molecule has 1 aliphatic heterocycles. The molecule has 2 atom stereocenters. The molecular weight excluding hydrogens is 390 g/mol. The van der Waals surface area contributed by atoms with E-state index >= 15 is 0 Å². The van der Waals surface area contributed by atoms with Crippen LogP contribution >= 0.6 is 0 Å². The van der Waals surface area contributed by atoms with E-state index in [0.717, 1.165) is 16.8 Å². The molecule has 0 fully saturated rings. The zero-order valence-electron chi connectivity index (χ0n) is 17.0. The molecule has 2 aromatic carbocycles. The van der Waals surface area contributed by atoms with Gasteiger partial charge in [0.15, 0.2) is 11.5 Å². The molecule has 2 unspecified atom stereocenters. The van der Waals surface area contributed by atoms with E-state index in [4.69, 9.17) is 4.98 Å². The first-order valence-corrected chi connectivity index (χ1v) is 10.2. The second-order valence-corrected chi connectivity index (χ2v) is 7.87. The Morgan fingerprint density at radius 1 is 1.06 bits per heavy atom. The molecule has 31 heavy (non-hydrogen) atoms.